The van der Waals surface area contributed by atoms with Crippen LogP contribution in [0.5, 0.6) is 0 Å². The standard InChI is InChI=1S/C3N5O6.C2H4N4/c9-6(10)1-2(7(11)12)4-5-3(1)8(13)14;3-6-1-4-5-2-6/h;1-2H,3H2/q-1;/p+1. The zero-order chi connectivity index (χ0) is 15.3. The Morgan fingerprint density at radius 2 is 1.85 bits per heavy atom. The largest absolute Gasteiger partial charge is 0.472 e. The van der Waals surface area contributed by atoms with Gasteiger partial charge in [-0.05, 0) is 10.0 Å². The van der Waals surface area contributed by atoms with Crippen LogP contribution in [0.15, 0.2) is 12.7 Å². The van der Waals surface area contributed by atoms with E-state index in [-0.39, 0.29) is 0 Å². The first-order valence-electron chi connectivity index (χ1n) is 4.46. The first kappa shape index (κ1) is 14.4. The maximum Gasteiger partial charge on any atom is 0.472 e. The van der Waals surface area contributed by atoms with Gasteiger partial charge in [0.25, 0.3) is 12.1 Å². The highest BCUT2D eigenvalue weighted by Crippen LogP contribution is 2.32. The van der Waals surface area contributed by atoms with E-state index in [1.165, 1.54) is 11.0 Å². The number of hydrogen-bond acceptors (Lipinski definition) is 9. The van der Waals surface area contributed by atoms with Crippen molar-refractivity contribution in [3.8, 4) is 0 Å². The zero-order valence-corrected chi connectivity index (χ0v) is 9.31. The van der Waals surface area contributed by atoms with Crippen LogP contribution in [0, 0.1) is 30.3 Å². The minimum Gasteiger partial charge on any atom is -0.459 e. The average Bonchev–Trinajstić information content (AvgIpc) is 2.97. The van der Waals surface area contributed by atoms with Gasteiger partial charge in [-0.1, -0.05) is 0 Å². The first-order chi connectivity index (χ1) is 9.34. The summed E-state index contributed by atoms with van der Waals surface area (Å²) < 4.78 is 1.33. The quantitative estimate of drug-likeness (QED) is 0.278. The molecule has 0 saturated heterocycles. The summed E-state index contributed by atoms with van der Waals surface area (Å²) in [7, 11) is 0. The smallest absolute Gasteiger partial charge is 0.459 e. The predicted molar refractivity (Wildman–Crippen MR) is 56.5 cm³/mol. The summed E-state index contributed by atoms with van der Waals surface area (Å²) in [4.78, 5) is 26.8. The van der Waals surface area contributed by atoms with Gasteiger partial charge < -0.3 is 20.2 Å². The van der Waals surface area contributed by atoms with E-state index in [2.05, 4.69) is 20.4 Å². The number of nitrogen functional groups attached to an aromatic ring is 1. The van der Waals surface area contributed by atoms with Gasteiger partial charge in [-0.25, -0.2) is 0 Å². The molecule has 3 N–H and O–H groups in total. The second-order valence-electron chi connectivity index (χ2n) is 2.92. The van der Waals surface area contributed by atoms with E-state index in [1.807, 2.05) is 0 Å². The molecule has 106 valence electrons. The number of nitrogens with one attached hydrogen (secondary N) is 1. The molecule has 0 spiro atoms. The van der Waals surface area contributed by atoms with Crippen molar-refractivity contribution in [2.24, 2.45) is 0 Å². The lowest BCUT2D eigenvalue weighted by molar-refractivity contribution is -0.638. The SMILES string of the molecule is N[n+]1cn[nH]c1.O=[N+]([O-])c1n[n-]c([N+](=O)[O-])c1[N+](=O)[O-]. The molecule has 0 aliphatic rings. The highest BCUT2D eigenvalue weighted by atomic mass is 16.7. The van der Waals surface area contributed by atoms with Crippen molar-refractivity contribution in [1.82, 2.24) is 20.4 Å². The van der Waals surface area contributed by atoms with Gasteiger partial charge in [-0.15, -0.1) is 9.77 Å². The number of aromatic nitrogens is 5. The Bertz CT molecular complexity index is 600. The lowest BCUT2D eigenvalue weighted by atomic mass is 10.5. The molecule has 0 radical (unpaired) electrons. The Morgan fingerprint density at radius 3 is 2.15 bits per heavy atom. The van der Waals surface area contributed by atoms with Crippen LogP contribution >= 0.6 is 0 Å². The lowest BCUT2D eigenvalue weighted by Crippen LogP contribution is -2.41. The van der Waals surface area contributed by atoms with E-state index in [4.69, 9.17) is 5.84 Å². The molecule has 0 aliphatic heterocycles. The molecule has 0 fully saturated rings. The van der Waals surface area contributed by atoms with Crippen LogP contribution in [0.1, 0.15) is 0 Å². The molecular weight excluding hydrogens is 282 g/mol. The van der Waals surface area contributed by atoms with Crippen molar-refractivity contribution >= 4 is 17.3 Å². The van der Waals surface area contributed by atoms with E-state index in [0.29, 0.717) is 0 Å². The minimum absolute atomic E-state index is 1.21. The maximum atomic E-state index is 10.2. The van der Waals surface area contributed by atoms with Gasteiger partial charge in [0.2, 0.25) is 6.33 Å². The molecule has 2 aromatic rings. The Balaban J connectivity index is 0.000000276. The molecule has 0 saturated carbocycles. The number of aromatic amines is 1. The van der Waals surface area contributed by atoms with Crippen molar-refractivity contribution in [2.45, 2.75) is 0 Å². The molecule has 2 aromatic heterocycles. The fourth-order valence-corrected chi connectivity index (χ4v) is 0.932. The van der Waals surface area contributed by atoms with Crippen LogP contribution in [0.25, 0.3) is 0 Å². The van der Waals surface area contributed by atoms with E-state index >= 15 is 0 Å². The second-order valence-corrected chi connectivity index (χ2v) is 2.92. The monoisotopic (exact) mass is 287 g/mol. The topological polar surface area (TPSA) is 215 Å². The molecule has 2 heterocycles. The van der Waals surface area contributed by atoms with Gasteiger partial charge in [0.05, 0.1) is 10.0 Å². The summed E-state index contributed by atoms with van der Waals surface area (Å²) in [6, 6.07) is 0. The van der Waals surface area contributed by atoms with Gasteiger partial charge in [-0.2, -0.15) is 4.92 Å². The van der Waals surface area contributed by atoms with E-state index in [0.717, 1.165) is 0 Å². The van der Waals surface area contributed by atoms with Crippen molar-refractivity contribution in [2.75, 3.05) is 5.84 Å². The normalized spacial score (nSPS) is 9.40. The molecule has 0 aliphatic carbocycles. The fourth-order valence-electron chi connectivity index (χ4n) is 0.932. The van der Waals surface area contributed by atoms with E-state index in [1.54, 1.807) is 6.33 Å². The summed E-state index contributed by atoms with van der Waals surface area (Å²) in [6.07, 6.45) is 3.01. The van der Waals surface area contributed by atoms with Gasteiger partial charge in [0, 0.05) is 5.10 Å². The van der Waals surface area contributed by atoms with Crippen molar-refractivity contribution in [1.29, 1.82) is 0 Å². The fraction of sp³-hybridized carbons (Fsp3) is 0. The molecule has 2 rings (SSSR count). The molecule has 0 aromatic carbocycles. The van der Waals surface area contributed by atoms with Gasteiger partial charge in [0.1, 0.15) is 0 Å². The Morgan fingerprint density at radius 1 is 1.20 bits per heavy atom. The van der Waals surface area contributed by atoms with Crippen LogP contribution in [-0.4, -0.2) is 30.1 Å². The van der Waals surface area contributed by atoms with Crippen LogP contribution in [0.3, 0.4) is 0 Å². The number of nitrogens with zero attached hydrogens (tertiary/aromatic N) is 7. The first-order valence-corrected chi connectivity index (χ1v) is 4.46. The third-order valence-corrected chi connectivity index (χ3v) is 1.66. The highest BCUT2D eigenvalue weighted by Gasteiger charge is 2.36. The maximum absolute atomic E-state index is 10.2. The molecule has 15 nitrogen and oxygen atoms in total. The predicted octanol–water partition coefficient (Wildman–Crippen LogP) is -1.83. The van der Waals surface area contributed by atoms with Crippen LogP contribution in [0.2, 0.25) is 0 Å². The zero-order valence-electron chi connectivity index (χ0n) is 9.31. The Kier molecular flexibility index (Phi) is 4.18. The second kappa shape index (κ2) is 5.80. The molecule has 0 atom stereocenters. The Labute approximate surface area is 107 Å². The number of hydrogen-bond donors (Lipinski definition) is 2. The molecule has 0 amide bonds. The highest BCUT2D eigenvalue weighted by molar-refractivity contribution is 5.58. The number of rotatable bonds is 3. The van der Waals surface area contributed by atoms with Crippen molar-refractivity contribution in [3.05, 3.63) is 43.0 Å². The third-order valence-electron chi connectivity index (χ3n) is 1.66. The van der Waals surface area contributed by atoms with Crippen LogP contribution in [0.4, 0.5) is 17.3 Å². The minimum atomic E-state index is -1.31. The van der Waals surface area contributed by atoms with Gasteiger partial charge in [0.15, 0.2) is 0 Å². The summed E-state index contributed by atoms with van der Waals surface area (Å²) in [5, 5.41) is 42.0. The third kappa shape index (κ3) is 3.18. The van der Waals surface area contributed by atoms with Crippen molar-refractivity contribution in [3.63, 3.8) is 0 Å². The Hall–Kier alpha value is -3.65. The molecule has 15 heteroatoms. The average molecular weight is 287 g/mol. The lowest BCUT2D eigenvalue weighted by Gasteiger charge is -1.96. The number of H-pyrrole nitrogens is 1. The van der Waals surface area contributed by atoms with Crippen LogP contribution < -0.4 is 15.6 Å². The van der Waals surface area contributed by atoms with E-state index < -0.39 is 32.1 Å². The van der Waals surface area contributed by atoms with Gasteiger partial charge in [-0.3, -0.25) is 16.0 Å². The number of nitro groups is 3. The summed E-state index contributed by atoms with van der Waals surface area (Å²) in [6.45, 7) is 0. The summed E-state index contributed by atoms with van der Waals surface area (Å²) in [5.41, 5.74) is -1.31. The van der Waals surface area contributed by atoms with Gasteiger partial charge >= 0.3 is 11.5 Å². The number of nitrogens with two attached hydrogens (primary N) is 1. The van der Waals surface area contributed by atoms with Crippen molar-refractivity contribution < 1.29 is 19.4 Å². The van der Waals surface area contributed by atoms with E-state index in [9.17, 15) is 30.3 Å². The molecule has 0 unspecified atom stereocenters. The summed E-state index contributed by atoms with van der Waals surface area (Å²) >= 11 is 0. The summed E-state index contributed by atoms with van der Waals surface area (Å²) in [5.74, 6) is 2.63. The molecule has 20 heavy (non-hydrogen) atoms. The molecule has 0 bridgehead atoms. The molecular formula is C5H5N9O6. The van der Waals surface area contributed by atoms with Crippen LogP contribution in [-0.2, 0) is 0 Å².